The number of halogens is 1. The van der Waals surface area contributed by atoms with E-state index in [2.05, 4.69) is 16.2 Å². The van der Waals surface area contributed by atoms with Gasteiger partial charge < -0.3 is 15.0 Å². The Kier molecular flexibility index (Phi) is 5.43. The third-order valence-electron chi connectivity index (χ3n) is 4.39. The first-order valence-corrected chi connectivity index (χ1v) is 9.37. The highest BCUT2D eigenvalue weighted by molar-refractivity contribution is 6.01. The molecule has 2 aliphatic rings. The summed E-state index contributed by atoms with van der Waals surface area (Å²) in [4.78, 5) is 26.2. The molecule has 1 aliphatic heterocycles. The molecule has 27 heavy (non-hydrogen) atoms. The van der Waals surface area contributed by atoms with Crippen LogP contribution in [0.15, 0.2) is 12.1 Å². The summed E-state index contributed by atoms with van der Waals surface area (Å²) in [6, 6.07) is 3.22. The summed E-state index contributed by atoms with van der Waals surface area (Å²) in [5, 5.41) is 3.28. The molecule has 2 amide bonds. The molecule has 2 fully saturated rings. The minimum absolute atomic E-state index is 0.151. The van der Waals surface area contributed by atoms with E-state index in [4.69, 9.17) is 4.74 Å². The molecular formula is C19H27FN4O3. The molecule has 7 nitrogen and oxygen atoms in total. The van der Waals surface area contributed by atoms with Crippen LogP contribution in [0.5, 0.6) is 0 Å². The Hall–Kier alpha value is -2.51. The molecule has 0 atom stereocenters. The van der Waals surface area contributed by atoms with Gasteiger partial charge in [-0.15, -0.1) is 0 Å². The predicted octanol–water partition coefficient (Wildman–Crippen LogP) is 3.17. The van der Waals surface area contributed by atoms with Gasteiger partial charge in [-0.3, -0.25) is 10.2 Å². The highest BCUT2D eigenvalue weighted by Crippen LogP contribution is 2.33. The number of anilines is 2. The van der Waals surface area contributed by atoms with Crippen LogP contribution in [0, 0.1) is 5.82 Å². The summed E-state index contributed by atoms with van der Waals surface area (Å²) in [5.41, 5.74) is 5.04. The molecule has 0 unspecified atom stereocenters. The normalized spacial score (nSPS) is 16.8. The van der Waals surface area contributed by atoms with E-state index in [-0.39, 0.29) is 5.56 Å². The van der Waals surface area contributed by atoms with Crippen molar-refractivity contribution in [3.8, 4) is 0 Å². The SMILES string of the molecule is CC(C)(C)OC(=O)NNC(=O)c1cc(F)c(N2CCCC2)cc1NC1CC1. The number of hydrazine groups is 1. The number of nitrogens with one attached hydrogen (secondary N) is 3. The van der Waals surface area contributed by atoms with Gasteiger partial charge >= 0.3 is 6.09 Å². The summed E-state index contributed by atoms with van der Waals surface area (Å²) in [5.74, 6) is -1.04. The Morgan fingerprint density at radius 1 is 1.15 bits per heavy atom. The minimum atomic E-state index is -0.776. The van der Waals surface area contributed by atoms with E-state index in [9.17, 15) is 14.0 Å². The van der Waals surface area contributed by atoms with Gasteiger partial charge in [-0.25, -0.2) is 14.6 Å². The fourth-order valence-corrected chi connectivity index (χ4v) is 3.00. The van der Waals surface area contributed by atoms with E-state index in [1.54, 1.807) is 26.8 Å². The zero-order valence-electron chi connectivity index (χ0n) is 16.0. The number of benzene rings is 1. The van der Waals surface area contributed by atoms with Crippen LogP contribution in [0.3, 0.4) is 0 Å². The van der Waals surface area contributed by atoms with Gasteiger partial charge in [-0.2, -0.15) is 0 Å². The van der Waals surface area contributed by atoms with E-state index in [1.807, 2.05) is 4.90 Å². The summed E-state index contributed by atoms with van der Waals surface area (Å²) in [7, 11) is 0. The standard InChI is InChI=1S/C19H27FN4O3/c1-19(2,3)27-18(26)23-22-17(25)13-10-14(20)16(24-8-4-5-9-24)11-15(13)21-12-6-7-12/h10-12,21H,4-9H2,1-3H3,(H,22,25)(H,23,26). The van der Waals surface area contributed by atoms with Gasteiger partial charge in [0.05, 0.1) is 11.3 Å². The van der Waals surface area contributed by atoms with Gasteiger partial charge in [0.1, 0.15) is 11.4 Å². The van der Waals surface area contributed by atoms with E-state index >= 15 is 0 Å². The van der Waals surface area contributed by atoms with Crippen LogP contribution in [0.25, 0.3) is 0 Å². The van der Waals surface area contributed by atoms with Gasteiger partial charge in [0.25, 0.3) is 5.91 Å². The molecule has 0 bridgehead atoms. The molecule has 1 aromatic carbocycles. The second kappa shape index (κ2) is 7.62. The summed E-state index contributed by atoms with van der Waals surface area (Å²) in [6.45, 7) is 6.78. The zero-order chi connectivity index (χ0) is 19.6. The average molecular weight is 378 g/mol. The lowest BCUT2D eigenvalue weighted by molar-refractivity contribution is 0.0483. The van der Waals surface area contributed by atoms with Crippen LogP contribution in [-0.2, 0) is 4.74 Å². The smallest absolute Gasteiger partial charge is 0.426 e. The number of carbonyl (C=O) groups is 2. The number of nitrogens with zero attached hydrogens (tertiary/aromatic N) is 1. The average Bonchev–Trinajstić information content (AvgIpc) is 3.22. The van der Waals surface area contributed by atoms with Crippen LogP contribution in [0.4, 0.5) is 20.6 Å². The molecule has 1 saturated heterocycles. The molecular weight excluding hydrogens is 351 g/mol. The van der Waals surface area contributed by atoms with Crippen molar-refractivity contribution >= 4 is 23.4 Å². The largest absolute Gasteiger partial charge is 0.443 e. The lowest BCUT2D eigenvalue weighted by Gasteiger charge is -2.22. The van der Waals surface area contributed by atoms with Gasteiger partial charge in [0.15, 0.2) is 0 Å². The maximum Gasteiger partial charge on any atom is 0.426 e. The summed E-state index contributed by atoms with van der Waals surface area (Å²) in [6.07, 6.45) is 3.34. The van der Waals surface area contributed by atoms with Crippen molar-refractivity contribution in [3.05, 3.63) is 23.5 Å². The molecule has 0 radical (unpaired) electrons. The third-order valence-corrected chi connectivity index (χ3v) is 4.39. The van der Waals surface area contributed by atoms with E-state index in [1.165, 1.54) is 6.07 Å². The van der Waals surface area contributed by atoms with Crippen LogP contribution in [0.2, 0.25) is 0 Å². The first-order chi connectivity index (χ1) is 12.7. The Morgan fingerprint density at radius 3 is 2.41 bits per heavy atom. The van der Waals surface area contributed by atoms with Crippen LogP contribution in [-0.4, -0.2) is 36.7 Å². The fourth-order valence-electron chi connectivity index (χ4n) is 3.00. The molecule has 3 rings (SSSR count). The van der Waals surface area contributed by atoms with E-state index in [0.717, 1.165) is 38.8 Å². The maximum absolute atomic E-state index is 14.7. The lowest BCUT2D eigenvalue weighted by Crippen LogP contribution is -2.44. The second-order valence-corrected chi connectivity index (χ2v) is 8.04. The van der Waals surface area contributed by atoms with Crippen molar-refractivity contribution in [3.63, 3.8) is 0 Å². The highest BCUT2D eigenvalue weighted by atomic mass is 19.1. The number of hydrogen-bond acceptors (Lipinski definition) is 5. The number of rotatable bonds is 4. The molecule has 1 aromatic rings. The predicted molar refractivity (Wildman–Crippen MR) is 101 cm³/mol. The molecule has 0 spiro atoms. The van der Waals surface area contributed by atoms with E-state index in [0.29, 0.717) is 17.4 Å². The Bertz CT molecular complexity index is 722. The molecule has 1 saturated carbocycles. The van der Waals surface area contributed by atoms with Crippen molar-refractivity contribution in [2.45, 2.75) is 58.1 Å². The van der Waals surface area contributed by atoms with Crippen molar-refractivity contribution < 1.29 is 18.7 Å². The van der Waals surface area contributed by atoms with Crippen molar-refractivity contribution in [1.29, 1.82) is 0 Å². The molecule has 1 heterocycles. The highest BCUT2D eigenvalue weighted by Gasteiger charge is 2.26. The number of hydrogen-bond donors (Lipinski definition) is 3. The van der Waals surface area contributed by atoms with Crippen molar-refractivity contribution in [2.75, 3.05) is 23.3 Å². The molecule has 1 aliphatic carbocycles. The Morgan fingerprint density at radius 2 is 1.81 bits per heavy atom. The van der Waals surface area contributed by atoms with Gasteiger partial charge in [-0.1, -0.05) is 0 Å². The first-order valence-electron chi connectivity index (χ1n) is 9.37. The van der Waals surface area contributed by atoms with Gasteiger partial charge in [0, 0.05) is 24.8 Å². The minimum Gasteiger partial charge on any atom is -0.443 e. The van der Waals surface area contributed by atoms with Crippen molar-refractivity contribution in [1.82, 2.24) is 10.9 Å². The quantitative estimate of drug-likeness (QED) is 0.701. The maximum atomic E-state index is 14.7. The third kappa shape index (κ3) is 5.24. The van der Waals surface area contributed by atoms with Crippen molar-refractivity contribution in [2.24, 2.45) is 0 Å². The molecule has 3 N–H and O–H groups in total. The van der Waals surface area contributed by atoms with Gasteiger partial charge in [-0.05, 0) is 58.6 Å². The van der Waals surface area contributed by atoms with Crippen LogP contribution >= 0.6 is 0 Å². The zero-order valence-corrected chi connectivity index (χ0v) is 16.0. The molecule has 0 aromatic heterocycles. The topological polar surface area (TPSA) is 82.7 Å². The van der Waals surface area contributed by atoms with Crippen LogP contribution in [0.1, 0.15) is 56.8 Å². The van der Waals surface area contributed by atoms with Gasteiger partial charge in [0.2, 0.25) is 0 Å². The molecule has 148 valence electrons. The number of amides is 2. The molecule has 8 heteroatoms. The van der Waals surface area contributed by atoms with E-state index < -0.39 is 23.4 Å². The fraction of sp³-hybridized carbons (Fsp3) is 0.579. The Balaban J connectivity index is 1.75. The second-order valence-electron chi connectivity index (χ2n) is 8.04. The monoisotopic (exact) mass is 378 g/mol. The Labute approximate surface area is 158 Å². The summed E-state index contributed by atoms with van der Waals surface area (Å²) >= 11 is 0. The lowest BCUT2D eigenvalue weighted by atomic mass is 10.1. The number of ether oxygens (including phenoxy) is 1. The number of carbonyl (C=O) groups excluding carboxylic acids is 2. The first kappa shape index (κ1) is 19.3. The summed E-state index contributed by atoms with van der Waals surface area (Å²) < 4.78 is 19.7. The van der Waals surface area contributed by atoms with Crippen LogP contribution < -0.4 is 21.1 Å².